The van der Waals surface area contributed by atoms with Gasteiger partial charge in [-0.1, -0.05) is 78.9 Å². The molecule has 47 nitrogen and oxygen atoms in total. The van der Waals surface area contributed by atoms with Crippen molar-refractivity contribution in [1.29, 1.82) is 5.41 Å². The number of carbonyl (C=O) groups excluding carboxylic acids is 17. The van der Waals surface area contributed by atoms with Crippen molar-refractivity contribution in [1.82, 2.24) is 95.0 Å². The fraction of sp³-hybridized carbons (Fsp3) is 0.429. The Hall–Kier alpha value is -14.5. The molecule has 2 aromatic heterocycles. The number of para-hydroxylation sites is 2. The van der Waals surface area contributed by atoms with E-state index in [0.717, 1.165) is 20.8 Å². The number of rotatable bonds is 56. The second kappa shape index (κ2) is 53.6. The lowest BCUT2D eigenvalue weighted by Crippen LogP contribution is -2.62. The van der Waals surface area contributed by atoms with Crippen LogP contribution >= 0.6 is 25.3 Å². The summed E-state index contributed by atoms with van der Waals surface area (Å²) in [7, 11) is 0. The van der Waals surface area contributed by atoms with Crippen molar-refractivity contribution in [2.75, 3.05) is 37.7 Å². The van der Waals surface area contributed by atoms with Gasteiger partial charge >= 0.3 is 11.9 Å². The van der Waals surface area contributed by atoms with Gasteiger partial charge in [-0.15, -0.1) is 0 Å². The Balaban J connectivity index is 1.24. The van der Waals surface area contributed by atoms with Gasteiger partial charge in [0.15, 0.2) is 5.96 Å². The zero-order valence-corrected chi connectivity index (χ0v) is 74.2. The van der Waals surface area contributed by atoms with Crippen LogP contribution in [0.1, 0.15) is 94.4 Å². The number of carboxylic acid groups (broad SMARTS) is 2. The van der Waals surface area contributed by atoms with Gasteiger partial charge in [0.2, 0.25) is 100 Å². The number of fused-ring (bicyclic) bond motifs is 2. The van der Waals surface area contributed by atoms with E-state index in [0.29, 0.717) is 38.5 Å². The summed E-state index contributed by atoms with van der Waals surface area (Å²) in [6, 6.07) is 4.22. The van der Waals surface area contributed by atoms with Crippen LogP contribution in [0.2, 0.25) is 0 Å². The average Bonchev–Trinajstić information content (AvgIpc) is 1.69. The van der Waals surface area contributed by atoms with Crippen LogP contribution in [-0.4, -0.2) is 287 Å². The Morgan fingerprint density at radius 1 is 0.391 bits per heavy atom. The number of aliphatic hydroxyl groups excluding tert-OH is 3. The number of phenols is 1. The largest absolute Gasteiger partial charge is 0.508 e. The van der Waals surface area contributed by atoms with E-state index < -0.39 is 279 Å². The molecule has 6 rings (SSSR count). The van der Waals surface area contributed by atoms with Crippen molar-refractivity contribution in [3.63, 3.8) is 0 Å². The van der Waals surface area contributed by atoms with E-state index in [4.69, 9.17) is 27.7 Å². The number of guanidine groups is 1. The fourth-order valence-electron chi connectivity index (χ4n) is 13.4. The second-order valence-electron chi connectivity index (χ2n) is 30.9. The van der Waals surface area contributed by atoms with Gasteiger partial charge in [0, 0.05) is 104 Å². The molecular weight excluding hydrogens is 1780 g/mol. The first-order valence-electron chi connectivity index (χ1n) is 41.7. The van der Waals surface area contributed by atoms with E-state index in [1.54, 1.807) is 78.9 Å². The molecule has 15 atom stereocenters. The molecule has 0 fully saturated rings. The third kappa shape index (κ3) is 35.7. The van der Waals surface area contributed by atoms with Crippen molar-refractivity contribution >= 4 is 165 Å². The lowest BCUT2D eigenvalue weighted by Gasteiger charge is -2.29. The smallest absolute Gasteiger partial charge is 0.303 e. The summed E-state index contributed by atoms with van der Waals surface area (Å²) < 4.78 is 0. The SMILES string of the molecule is CC(=O)N[C@@H](CS)C(=O)N[C@@H](CCCNC(=N)N)C(=O)N[C@H](C(=O)N[C@@H](Cc1c[nH]c2ccccc12)C(=O)N[C@@H](CCC(N)=O)C(=O)N[C@@H](CS)C(=O)N[C@@H](Cc1ccc(O)cc1)C(=O)N[C@@H](Cc1c[nH]c2ccccc12)C(=O)N[C@@H](CO)C(=O)N[C@@H](CCC(=O)O)C(=O)N[C@@H](Cc1ccccc1)C(=O)NCC(=O)N[C@H](C(=O)NCC(=O)N[C@@H](CCC(=O)O)C(N)=O)[C@@H](C)O)[C@@H](C)O. The van der Waals surface area contributed by atoms with Crippen LogP contribution in [-0.2, 0) is 117 Å². The molecule has 0 unspecified atom stereocenters. The standard InChI is InChI=1S/C84H112N22O25S2/c1-41(108)69(82(130)93-36-65(113)95-53(71(86)119)24-27-67(115)116)105-66(114)37-92-72(120)57(30-44-12-5-4-6-13-44)99-73(121)56(25-28-68(117)118)98-79(127)61(38-107)103-78(126)59(32-46-34-90-51-16-9-7-14-49(46)51)101-76(124)58(31-45-19-21-48(111)22-20-45)100-81(129)63(40-133)104-74(122)55(23-26-64(85)112)97-77(125)60(33-47-35-91-52-17-10-8-15-50(47)52)102-83(131)70(42(2)109)106-75(123)54(18-11-29-89-84(87)88)96-80(128)62(39-132)94-43(3)110/h4-10,12-17,19-22,34-35,41-42,53-63,69-70,90-91,107-109,111,132-133H,11,18,23-33,36-40H2,1-3H3,(H2,85,112)(H2,86,119)(H,92,120)(H,93,130)(H,94,110)(H,95,113)(H,96,128)(H,97,125)(H,98,127)(H,99,121)(H,100,129)(H,101,124)(H,102,131)(H,103,126)(H,104,122)(H,105,114)(H,106,123)(H,115,116)(H,117,118)(H4,87,88,89)/t41-,42-,53+,54+,55+,56+,57+,58+,59+,60+,61+,62+,63+,69+,70+/m1/s1. The number of hydrogen-bond donors (Lipinski definition) is 30. The number of aliphatic carboxylic acids is 2. The molecular formula is C84H112N22O25S2. The first kappa shape index (κ1) is 107. The maximum Gasteiger partial charge on any atom is 0.303 e. The van der Waals surface area contributed by atoms with Crippen LogP contribution < -0.4 is 102 Å². The first-order valence-corrected chi connectivity index (χ1v) is 43.0. The highest BCUT2D eigenvalue weighted by Crippen LogP contribution is 2.23. The number of H-pyrrole nitrogens is 2. The monoisotopic (exact) mass is 1890 g/mol. The molecule has 0 radical (unpaired) electrons. The van der Waals surface area contributed by atoms with E-state index >= 15 is 9.59 Å². The molecule has 0 spiro atoms. The molecule has 31 N–H and O–H groups in total. The Morgan fingerprint density at radius 2 is 0.759 bits per heavy atom. The van der Waals surface area contributed by atoms with Gasteiger partial charge in [-0.25, -0.2) is 0 Å². The lowest BCUT2D eigenvalue weighted by atomic mass is 10.0. The molecule has 0 aliphatic carbocycles. The van der Waals surface area contributed by atoms with Crippen LogP contribution in [0.5, 0.6) is 5.75 Å². The molecule has 0 bridgehead atoms. The number of carbonyl (C=O) groups is 19. The average molecular weight is 1890 g/mol. The Bertz CT molecular complexity index is 5140. The summed E-state index contributed by atoms with van der Waals surface area (Å²) in [5.41, 5.74) is 18.8. The van der Waals surface area contributed by atoms with Gasteiger partial charge in [0.1, 0.15) is 84.3 Å². The number of aromatic amines is 2. The molecule has 0 saturated carbocycles. The summed E-state index contributed by atoms with van der Waals surface area (Å²) in [6.07, 6.45) is -5.72. The number of aromatic hydroxyl groups is 1. The minimum Gasteiger partial charge on any atom is -0.508 e. The van der Waals surface area contributed by atoms with Crippen LogP contribution in [0.15, 0.2) is 116 Å². The molecule has 6 aromatic rings. The van der Waals surface area contributed by atoms with Crippen LogP contribution in [0.4, 0.5) is 0 Å². The van der Waals surface area contributed by atoms with E-state index in [2.05, 4.69) is 120 Å². The van der Waals surface area contributed by atoms with Crippen molar-refractivity contribution in [3.05, 3.63) is 138 Å². The highest BCUT2D eigenvalue weighted by Gasteiger charge is 2.39. The van der Waals surface area contributed by atoms with Gasteiger partial charge in [0.05, 0.1) is 31.9 Å². The van der Waals surface area contributed by atoms with Gasteiger partial charge in [-0.3, -0.25) is 96.5 Å². The maximum absolute atomic E-state index is 15.2. The number of nitrogens with one attached hydrogen (secondary N) is 19. The van der Waals surface area contributed by atoms with Crippen molar-refractivity contribution in [3.8, 4) is 5.75 Å². The Labute approximate surface area is 770 Å². The highest BCUT2D eigenvalue weighted by atomic mass is 32.1. The number of benzene rings is 4. The Kier molecular flexibility index (Phi) is 43.3. The molecule has 49 heteroatoms. The predicted molar refractivity (Wildman–Crippen MR) is 481 cm³/mol. The van der Waals surface area contributed by atoms with E-state index in [1.165, 1.54) is 36.7 Å². The number of aromatic nitrogens is 2. The summed E-state index contributed by atoms with van der Waals surface area (Å²) in [5, 5.41) is 109. The number of primary amides is 2. The molecule has 720 valence electrons. The molecule has 0 aliphatic rings. The minimum atomic E-state index is -2.06. The number of aliphatic hydroxyl groups is 3. The second-order valence-corrected chi connectivity index (χ2v) is 31.6. The lowest BCUT2D eigenvalue weighted by molar-refractivity contribution is -0.139. The van der Waals surface area contributed by atoms with Gasteiger partial charge in [-0.2, -0.15) is 25.3 Å². The summed E-state index contributed by atoms with van der Waals surface area (Å²) >= 11 is 8.49. The quantitative estimate of drug-likeness (QED) is 0.00730. The number of thiol groups is 2. The van der Waals surface area contributed by atoms with Gasteiger partial charge in [0.25, 0.3) is 0 Å². The van der Waals surface area contributed by atoms with Crippen LogP contribution in [0, 0.1) is 5.41 Å². The summed E-state index contributed by atoms with van der Waals surface area (Å²) in [5.74, 6) is -22.7. The number of nitrogens with two attached hydrogens (primary N) is 3. The maximum atomic E-state index is 15.2. The number of amides is 17. The fourth-order valence-corrected chi connectivity index (χ4v) is 13.9. The number of carboxylic acids is 2. The molecule has 4 aromatic carbocycles. The number of hydrogen-bond acceptors (Lipinski definition) is 26. The van der Waals surface area contributed by atoms with Crippen molar-refractivity contribution < 1.29 is 122 Å². The third-order valence-electron chi connectivity index (χ3n) is 20.4. The van der Waals surface area contributed by atoms with Crippen LogP contribution in [0.3, 0.4) is 0 Å². The predicted octanol–water partition coefficient (Wildman–Crippen LogP) is -7.46. The first-order chi connectivity index (χ1) is 63.1. The topological polar surface area (TPSA) is 772 Å². The normalized spacial score (nSPS) is 14.4. The summed E-state index contributed by atoms with van der Waals surface area (Å²) in [4.78, 5) is 265. The third-order valence-corrected chi connectivity index (χ3v) is 21.2. The zero-order chi connectivity index (χ0) is 98.3. The van der Waals surface area contributed by atoms with E-state index in [9.17, 15) is 107 Å². The summed E-state index contributed by atoms with van der Waals surface area (Å²) in [6.45, 7) is 0.338. The van der Waals surface area contributed by atoms with Crippen LogP contribution in [0.25, 0.3) is 21.8 Å². The molecule has 2 heterocycles. The molecule has 0 saturated heterocycles. The van der Waals surface area contributed by atoms with Crippen molar-refractivity contribution in [2.45, 2.75) is 189 Å². The number of phenolic OH excluding ortho intramolecular Hbond substituents is 1. The Morgan fingerprint density at radius 3 is 1.22 bits per heavy atom. The molecule has 0 aliphatic heterocycles. The van der Waals surface area contributed by atoms with Gasteiger partial charge < -0.3 is 143 Å². The molecule has 17 amide bonds. The van der Waals surface area contributed by atoms with E-state index in [1.807, 2.05) is 0 Å². The molecule has 133 heavy (non-hydrogen) atoms. The van der Waals surface area contributed by atoms with Gasteiger partial charge in [-0.05, 0) is 92.5 Å². The highest BCUT2D eigenvalue weighted by molar-refractivity contribution is 7.80. The zero-order valence-electron chi connectivity index (χ0n) is 72.4. The minimum absolute atomic E-state index is 0.0325. The van der Waals surface area contributed by atoms with Crippen molar-refractivity contribution in [2.24, 2.45) is 17.2 Å². The van der Waals surface area contributed by atoms with E-state index in [-0.39, 0.29) is 55.7 Å².